The SMILES string of the molecule is CCOC(=O)C(Cc1ccc(OCCn2ccc3ccccc32)cc1)C(=O)OCC. The van der Waals surface area contributed by atoms with Crippen molar-refractivity contribution in [2.24, 2.45) is 5.92 Å². The summed E-state index contributed by atoms with van der Waals surface area (Å²) in [4.78, 5) is 24.3. The van der Waals surface area contributed by atoms with E-state index in [1.54, 1.807) is 13.8 Å². The lowest BCUT2D eigenvalue weighted by Gasteiger charge is -2.15. The summed E-state index contributed by atoms with van der Waals surface area (Å²) in [5.74, 6) is -1.34. The van der Waals surface area contributed by atoms with Crippen LogP contribution in [0.25, 0.3) is 10.9 Å². The Morgan fingerprint density at radius 3 is 2.23 bits per heavy atom. The Kier molecular flexibility index (Phi) is 7.49. The van der Waals surface area contributed by atoms with Gasteiger partial charge in [0.1, 0.15) is 12.4 Å². The predicted octanol–water partition coefficient (Wildman–Crippen LogP) is 4.01. The van der Waals surface area contributed by atoms with Crippen LogP contribution in [0.3, 0.4) is 0 Å². The van der Waals surface area contributed by atoms with Crippen molar-refractivity contribution in [2.45, 2.75) is 26.8 Å². The van der Waals surface area contributed by atoms with Crippen molar-refractivity contribution in [3.63, 3.8) is 0 Å². The number of nitrogens with zero attached hydrogens (tertiary/aromatic N) is 1. The van der Waals surface area contributed by atoms with E-state index in [1.165, 1.54) is 10.9 Å². The van der Waals surface area contributed by atoms with Gasteiger partial charge in [-0.2, -0.15) is 0 Å². The molecule has 3 aromatic rings. The van der Waals surface area contributed by atoms with Crippen LogP contribution in [0, 0.1) is 5.92 Å². The number of carbonyl (C=O) groups is 2. The van der Waals surface area contributed by atoms with Crippen LogP contribution in [-0.4, -0.2) is 36.3 Å². The third-order valence-corrected chi connectivity index (χ3v) is 4.79. The summed E-state index contributed by atoms with van der Waals surface area (Å²) < 4.78 is 18.1. The van der Waals surface area contributed by atoms with Gasteiger partial charge in [0.2, 0.25) is 0 Å². The van der Waals surface area contributed by atoms with Crippen LogP contribution < -0.4 is 4.74 Å². The number of carbonyl (C=O) groups excluding carboxylic acids is 2. The van der Waals surface area contributed by atoms with Crippen molar-refractivity contribution in [1.29, 1.82) is 0 Å². The molecule has 1 heterocycles. The summed E-state index contributed by atoms with van der Waals surface area (Å²) in [5, 5.41) is 1.21. The molecule has 1 aromatic heterocycles. The lowest BCUT2D eigenvalue weighted by atomic mass is 9.99. The van der Waals surface area contributed by atoms with Crippen molar-refractivity contribution >= 4 is 22.8 Å². The van der Waals surface area contributed by atoms with E-state index in [-0.39, 0.29) is 19.6 Å². The largest absolute Gasteiger partial charge is 0.492 e. The Morgan fingerprint density at radius 2 is 1.57 bits per heavy atom. The van der Waals surface area contributed by atoms with Crippen LogP contribution in [-0.2, 0) is 32.0 Å². The number of hydrogen-bond donors (Lipinski definition) is 0. The fourth-order valence-corrected chi connectivity index (χ4v) is 3.30. The van der Waals surface area contributed by atoms with Gasteiger partial charge in [-0.25, -0.2) is 0 Å². The van der Waals surface area contributed by atoms with Gasteiger partial charge in [-0.05, 0) is 55.5 Å². The standard InChI is InChI=1S/C24H27NO5/c1-3-28-23(26)21(24(27)29-4-2)17-18-9-11-20(12-10-18)30-16-15-25-14-13-19-7-5-6-8-22(19)25/h5-14,21H,3-4,15-17H2,1-2H3. The highest BCUT2D eigenvalue weighted by Crippen LogP contribution is 2.18. The van der Waals surface area contributed by atoms with Crippen LogP contribution in [0.2, 0.25) is 0 Å². The summed E-state index contributed by atoms with van der Waals surface area (Å²) in [6, 6.07) is 17.7. The Bertz CT molecular complexity index is 959. The number of hydrogen-bond acceptors (Lipinski definition) is 5. The van der Waals surface area contributed by atoms with Gasteiger partial charge in [0.15, 0.2) is 5.92 Å². The number of fused-ring (bicyclic) bond motifs is 1. The molecule has 0 aliphatic heterocycles. The molecule has 0 saturated heterocycles. The van der Waals surface area contributed by atoms with Gasteiger partial charge in [0.05, 0.1) is 19.8 Å². The lowest BCUT2D eigenvalue weighted by molar-refractivity contribution is -0.161. The summed E-state index contributed by atoms with van der Waals surface area (Å²) in [5.41, 5.74) is 2.02. The molecule has 0 atom stereocenters. The Hall–Kier alpha value is -3.28. The number of esters is 2. The number of ether oxygens (including phenoxy) is 3. The van der Waals surface area contributed by atoms with Gasteiger partial charge in [-0.15, -0.1) is 0 Å². The summed E-state index contributed by atoms with van der Waals surface area (Å²) in [7, 11) is 0. The van der Waals surface area contributed by atoms with Crippen molar-refractivity contribution in [3.05, 3.63) is 66.4 Å². The van der Waals surface area contributed by atoms with E-state index in [9.17, 15) is 9.59 Å². The van der Waals surface area contributed by atoms with Crippen LogP contribution in [0.4, 0.5) is 0 Å². The summed E-state index contributed by atoms with van der Waals surface area (Å²) in [6.07, 6.45) is 2.29. The molecule has 30 heavy (non-hydrogen) atoms. The average Bonchev–Trinajstić information content (AvgIpc) is 3.16. The van der Waals surface area contributed by atoms with Gasteiger partial charge in [-0.1, -0.05) is 30.3 Å². The van der Waals surface area contributed by atoms with E-state index in [0.717, 1.165) is 17.9 Å². The van der Waals surface area contributed by atoms with Gasteiger partial charge in [0.25, 0.3) is 0 Å². The molecular formula is C24H27NO5. The first-order chi connectivity index (χ1) is 14.6. The molecule has 0 fully saturated rings. The van der Waals surface area contributed by atoms with Crippen LogP contribution in [0.1, 0.15) is 19.4 Å². The Balaban J connectivity index is 1.56. The van der Waals surface area contributed by atoms with E-state index in [4.69, 9.17) is 14.2 Å². The fourth-order valence-electron chi connectivity index (χ4n) is 3.30. The lowest BCUT2D eigenvalue weighted by Crippen LogP contribution is -2.30. The smallest absolute Gasteiger partial charge is 0.320 e. The zero-order valence-corrected chi connectivity index (χ0v) is 17.4. The number of aromatic nitrogens is 1. The molecular weight excluding hydrogens is 382 g/mol. The van der Waals surface area contributed by atoms with Crippen molar-refractivity contribution in [3.8, 4) is 5.75 Å². The molecule has 3 rings (SSSR count). The number of para-hydroxylation sites is 1. The van der Waals surface area contributed by atoms with Crippen LogP contribution >= 0.6 is 0 Å². The fraction of sp³-hybridized carbons (Fsp3) is 0.333. The molecule has 0 N–H and O–H groups in total. The summed E-state index contributed by atoms with van der Waals surface area (Å²) in [6.45, 7) is 5.14. The highest BCUT2D eigenvalue weighted by atomic mass is 16.6. The molecule has 0 unspecified atom stereocenters. The summed E-state index contributed by atoms with van der Waals surface area (Å²) >= 11 is 0. The average molecular weight is 409 g/mol. The highest BCUT2D eigenvalue weighted by molar-refractivity contribution is 5.95. The minimum atomic E-state index is -0.960. The van der Waals surface area contributed by atoms with Crippen molar-refractivity contribution < 1.29 is 23.8 Å². The Labute approximate surface area is 176 Å². The predicted molar refractivity (Wildman–Crippen MR) is 114 cm³/mol. The van der Waals surface area contributed by atoms with Gasteiger partial charge in [-0.3, -0.25) is 9.59 Å². The second kappa shape index (κ2) is 10.5. The molecule has 0 spiro atoms. The minimum absolute atomic E-state index is 0.220. The molecule has 6 heteroatoms. The third kappa shape index (κ3) is 5.41. The molecule has 0 amide bonds. The molecule has 0 radical (unpaired) electrons. The topological polar surface area (TPSA) is 66.8 Å². The number of rotatable bonds is 10. The van der Waals surface area contributed by atoms with E-state index < -0.39 is 17.9 Å². The maximum atomic E-state index is 12.1. The van der Waals surface area contributed by atoms with Gasteiger partial charge in [0, 0.05) is 11.7 Å². The maximum Gasteiger partial charge on any atom is 0.320 e. The van der Waals surface area contributed by atoms with Crippen LogP contribution in [0.5, 0.6) is 5.75 Å². The van der Waals surface area contributed by atoms with Crippen molar-refractivity contribution in [2.75, 3.05) is 19.8 Å². The second-order valence-corrected chi connectivity index (χ2v) is 6.82. The van der Waals surface area contributed by atoms with E-state index in [1.807, 2.05) is 36.4 Å². The van der Waals surface area contributed by atoms with Crippen LogP contribution in [0.15, 0.2) is 60.8 Å². The number of benzene rings is 2. The normalized spacial score (nSPS) is 10.9. The molecule has 0 bridgehead atoms. The molecule has 0 saturated carbocycles. The second-order valence-electron chi connectivity index (χ2n) is 6.82. The first kappa shape index (κ1) is 21.4. The van der Waals surface area contributed by atoms with E-state index in [0.29, 0.717) is 6.61 Å². The Morgan fingerprint density at radius 1 is 0.900 bits per heavy atom. The molecule has 0 aliphatic carbocycles. The highest BCUT2D eigenvalue weighted by Gasteiger charge is 2.29. The monoisotopic (exact) mass is 409 g/mol. The third-order valence-electron chi connectivity index (χ3n) is 4.79. The minimum Gasteiger partial charge on any atom is -0.492 e. The van der Waals surface area contributed by atoms with Crippen molar-refractivity contribution in [1.82, 2.24) is 4.57 Å². The first-order valence-corrected chi connectivity index (χ1v) is 10.2. The molecule has 2 aromatic carbocycles. The van der Waals surface area contributed by atoms with E-state index >= 15 is 0 Å². The van der Waals surface area contributed by atoms with Gasteiger partial charge < -0.3 is 18.8 Å². The van der Waals surface area contributed by atoms with Gasteiger partial charge >= 0.3 is 11.9 Å². The zero-order valence-electron chi connectivity index (χ0n) is 17.4. The first-order valence-electron chi connectivity index (χ1n) is 10.2. The van der Waals surface area contributed by atoms with E-state index in [2.05, 4.69) is 29.0 Å². The quantitative estimate of drug-likeness (QED) is 0.374. The molecule has 0 aliphatic rings. The molecule has 6 nitrogen and oxygen atoms in total. The maximum absolute atomic E-state index is 12.1. The molecule has 158 valence electrons. The zero-order chi connectivity index (χ0) is 21.3.